The maximum Gasteiger partial charge on any atom is 0.220 e. The maximum atomic E-state index is 11.8. The van der Waals surface area contributed by atoms with Crippen molar-refractivity contribution in [2.45, 2.75) is 45.1 Å². The quantitative estimate of drug-likeness (QED) is 0.788. The average molecular weight is 283 g/mol. The molecule has 1 aliphatic carbocycles. The first-order valence-corrected chi connectivity index (χ1v) is 6.78. The number of benzene rings is 1. The van der Waals surface area contributed by atoms with Crippen molar-refractivity contribution in [3.63, 3.8) is 0 Å². The summed E-state index contributed by atoms with van der Waals surface area (Å²) in [4.78, 5) is 11.8. The number of amides is 1. The Labute approximate surface area is 121 Å². The molecule has 1 saturated carbocycles. The van der Waals surface area contributed by atoms with Gasteiger partial charge in [-0.05, 0) is 37.3 Å². The van der Waals surface area contributed by atoms with E-state index in [0.29, 0.717) is 18.9 Å². The molecule has 0 aromatic heterocycles. The second-order valence-electron chi connectivity index (χ2n) is 5.35. The molecule has 3 N–H and O–H groups in total. The summed E-state index contributed by atoms with van der Waals surface area (Å²) in [5.74, 6) is 0.983. The van der Waals surface area contributed by atoms with E-state index in [2.05, 4.69) is 12.2 Å². The molecular formula is C15H23ClN2O. The van der Waals surface area contributed by atoms with E-state index in [1.807, 2.05) is 24.3 Å². The smallest absolute Gasteiger partial charge is 0.220 e. The van der Waals surface area contributed by atoms with Crippen molar-refractivity contribution in [1.82, 2.24) is 5.32 Å². The molecule has 0 spiro atoms. The Morgan fingerprint density at radius 3 is 2.74 bits per heavy atom. The number of carbonyl (C=O) groups excluding carboxylic acids is 1. The zero-order valence-electron chi connectivity index (χ0n) is 11.4. The molecule has 1 aromatic rings. The summed E-state index contributed by atoms with van der Waals surface area (Å²) in [5, 5.41) is 3.06. The highest BCUT2D eigenvalue weighted by molar-refractivity contribution is 5.85. The van der Waals surface area contributed by atoms with E-state index < -0.39 is 0 Å². The third kappa shape index (κ3) is 5.52. The van der Waals surface area contributed by atoms with E-state index >= 15 is 0 Å². The van der Waals surface area contributed by atoms with Crippen LogP contribution in [0.5, 0.6) is 0 Å². The Balaban J connectivity index is 0.00000180. The molecule has 4 heteroatoms. The molecule has 0 bridgehead atoms. The fraction of sp³-hybridized carbons (Fsp3) is 0.533. The first kappa shape index (κ1) is 15.8. The molecule has 0 saturated heterocycles. The van der Waals surface area contributed by atoms with Gasteiger partial charge in [-0.2, -0.15) is 0 Å². The van der Waals surface area contributed by atoms with Gasteiger partial charge in [0, 0.05) is 18.2 Å². The molecule has 1 amide bonds. The molecule has 19 heavy (non-hydrogen) atoms. The predicted molar refractivity (Wildman–Crippen MR) is 81.4 cm³/mol. The highest BCUT2D eigenvalue weighted by atomic mass is 35.5. The van der Waals surface area contributed by atoms with Gasteiger partial charge in [0.1, 0.15) is 0 Å². The second kappa shape index (κ2) is 7.39. The molecule has 3 nitrogen and oxygen atoms in total. The van der Waals surface area contributed by atoms with Crippen LogP contribution in [0.25, 0.3) is 0 Å². The van der Waals surface area contributed by atoms with Crippen molar-refractivity contribution in [2.24, 2.45) is 5.92 Å². The Bertz CT molecular complexity index is 418. The first-order valence-electron chi connectivity index (χ1n) is 6.78. The average Bonchev–Trinajstić information content (AvgIpc) is 3.11. The van der Waals surface area contributed by atoms with E-state index in [9.17, 15) is 4.79 Å². The van der Waals surface area contributed by atoms with Crippen LogP contribution in [0.3, 0.4) is 0 Å². The van der Waals surface area contributed by atoms with Crippen LogP contribution in [-0.2, 0) is 11.2 Å². The number of para-hydroxylation sites is 1. The standard InChI is InChI=1S/C15H22N2O.ClH/c1-11(10-12-6-7-12)17-15(18)9-8-13-4-2-3-5-14(13)16;/h2-5,11-12H,6-10,16H2,1H3,(H,17,18);1H. The van der Waals surface area contributed by atoms with E-state index in [4.69, 9.17) is 5.73 Å². The highest BCUT2D eigenvalue weighted by Gasteiger charge is 2.24. The van der Waals surface area contributed by atoms with Crippen LogP contribution in [0.15, 0.2) is 24.3 Å². The summed E-state index contributed by atoms with van der Waals surface area (Å²) < 4.78 is 0. The monoisotopic (exact) mass is 282 g/mol. The number of hydrogen-bond donors (Lipinski definition) is 2. The van der Waals surface area contributed by atoms with Crippen molar-refractivity contribution in [1.29, 1.82) is 0 Å². The summed E-state index contributed by atoms with van der Waals surface area (Å²) in [6.45, 7) is 2.09. The topological polar surface area (TPSA) is 55.1 Å². The molecule has 2 rings (SSSR count). The Kier molecular flexibility index (Phi) is 6.16. The zero-order chi connectivity index (χ0) is 13.0. The third-order valence-electron chi connectivity index (χ3n) is 3.47. The van der Waals surface area contributed by atoms with E-state index in [1.165, 1.54) is 12.8 Å². The summed E-state index contributed by atoms with van der Waals surface area (Å²) in [5.41, 5.74) is 7.68. The number of halogens is 1. The van der Waals surface area contributed by atoms with Crippen molar-refractivity contribution >= 4 is 24.0 Å². The van der Waals surface area contributed by atoms with Gasteiger partial charge in [0.25, 0.3) is 0 Å². The molecular weight excluding hydrogens is 260 g/mol. The fourth-order valence-corrected chi connectivity index (χ4v) is 2.27. The third-order valence-corrected chi connectivity index (χ3v) is 3.47. The van der Waals surface area contributed by atoms with Crippen molar-refractivity contribution in [3.8, 4) is 0 Å². The van der Waals surface area contributed by atoms with Crippen LogP contribution in [0, 0.1) is 5.92 Å². The van der Waals surface area contributed by atoms with Crippen LogP contribution in [0.2, 0.25) is 0 Å². The van der Waals surface area contributed by atoms with E-state index in [1.54, 1.807) is 0 Å². The fourth-order valence-electron chi connectivity index (χ4n) is 2.27. The molecule has 0 heterocycles. The number of carbonyl (C=O) groups is 1. The van der Waals surface area contributed by atoms with E-state index in [-0.39, 0.29) is 18.3 Å². The van der Waals surface area contributed by atoms with Crippen LogP contribution < -0.4 is 11.1 Å². The molecule has 0 radical (unpaired) electrons. The second-order valence-corrected chi connectivity index (χ2v) is 5.35. The summed E-state index contributed by atoms with van der Waals surface area (Å²) >= 11 is 0. The van der Waals surface area contributed by atoms with Crippen molar-refractivity contribution in [3.05, 3.63) is 29.8 Å². The minimum absolute atomic E-state index is 0. The van der Waals surface area contributed by atoms with Crippen LogP contribution in [-0.4, -0.2) is 11.9 Å². The predicted octanol–water partition coefficient (Wildman–Crippen LogP) is 2.93. The van der Waals surface area contributed by atoms with Gasteiger partial charge in [-0.1, -0.05) is 31.0 Å². The molecule has 1 atom stereocenters. The Morgan fingerprint density at radius 1 is 1.42 bits per heavy atom. The molecule has 1 aliphatic rings. The van der Waals surface area contributed by atoms with E-state index in [0.717, 1.165) is 23.6 Å². The molecule has 0 aliphatic heterocycles. The lowest BCUT2D eigenvalue weighted by Crippen LogP contribution is -2.33. The lowest BCUT2D eigenvalue weighted by molar-refractivity contribution is -0.121. The number of nitrogens with two attached hydrogens (primary N) is 1. The SMILES string of the molecule is CC(CC1CC1)NC(=O)CCc1ccccc1N.Cl. The zero-order valence-corrected chi connectivity index (χ0v) is 12.2. The Morgan fingerprint density at radius 2 is 2.11 bits per heavy atom. The summed E-state index contributed by atoms with van der Waals surface area (Å²) in [6, 6.07) is 8.04. The lowest BCUT2D eigenvalue weighted by Gasteiger charge is -2.13. The number of nitrogens with one attached hydrogen (secondary N) is 1. The lowest BCUT2D eigenvalue weighted by atomic mass is 10.1. The number of nitrogen functional groups attached to an aromatic ring is 1. The van der Waals surface area contributed by atoms with Gasteiger partial charge in [0.05, 0.1) is 0 Å². The van der Waals surface area contributed by atoms with Gasteiger partial charge >= 0.3 is 0 Å². The van der Waals surface area contributed by atoms with Crippen LogP contribution >= 0.6 is 12.4 Å². The summed E-state index contributed by atoms with van der Waals surface area (Å²) in [6.07, 6.45) is 5.03. The van der Waals surface area contributed by atoms with Gasteiger partial charge < -0.3 is 11.1 Å². The number of rotatable bonds is 6. The number of anilines is 1. The minimum Gasteiger partial charge on any atom is -0.399 e. The summed E-state index contributed by atoms with van der Waals surface area (Å²) in [7, 11) is 0. The molecule has 1 fully saturated rings. The van der Waals surface area contributed by atoms with Gasteiger partial charge in [-0.3, -0.25) is 4.79 Å². The highest BCUT2D eigenvalue weighted by Crippen LogP contribution is 2.33. The van der Waals surface area contributed by atoms with Gasteiger partial charge in [-0.25, -0.2) is 0 Å². The molecule has 1 unspecified atom stereocenters. The number of hydrogen-bond acceptors (Lipinski definition) is 2. The van der Waals surface area contributed by atoms with Gasteiger partial charge in [0.15, 0.2) is 0 Å². The first-order chi connectivity index (χ1) is 8.65. The molecule has 1 aromatic carbocycles. The normalized spacial score (nSPS) is 15.4. The minimum atomic E-state index is 0. The van der Waals surface area contributed by atoms with Crippen molar-refractivity contribution < 1.29 is 4.79 Å². The maximum absolute atomic E-state index is 11.8. The Hall–Kier alpha value is -1.22. The largest absolute Gasteiger partial charge is 0.399 e. The van der Waals surface area contributed by atoms with Gasteiger partial charge in [0.2, 0.25) is 5.91 Å². The molecule has 106 valence electrons. The van der Waals surface area contributed by atoms with Gasteiger partial charge in [-0.15, -0.1) is 12.4 Å². The van der Waals surface area contributed by atoms with Crippen LogP contribution in [0.4, 0.5) is 5.69 Å². The van der Waals surface area contributed by atoms with Crippen molar-refractivity contribution in [2.75, 3.05) is 5.73 Å². The van der Waals surface area contributed by atoms with Crippen LogP contribution in [0.1, 0.15) is 38.2 Å². The number of aryl methyl sites for hydroxylation is 1.